The van der Waals surface area contributed by atoms with Crippen LogP contribution in [0.4, 0.5) is 4.79 Å². The highest BCUT2D eigenvalue weighted by Gasteiger charge is 2.13. The van der Waals surface area contributed by atoms with E-state index in [2.05, 4.69) is 5.32 Å². The van der Waals surface area contributed by atoms with Gasteiger partial charge in [0.1, 0.15) is 5.75 Å². The van der Waals surface area contributed by atoms with Crippen LogP contribution < -0.4 is 15.4 Å². The van der Waals surface area contributed by atoms with Crippen LogP contribution in [0.15, 0.2) is 12.1 Å². The van der Waals surface area contributed by atoms with Gasteiger partial charge in [-0.25, -0.2) is 9.59 Å². The van der Waals surface area contributed by atoms with Gasteiger partial charge in [-0.05, 0) is 51.0 Å². The number of hydrogen-bond acceptors (Lipinski definition) is 5. The van der Waals surface area contributed by atoms with Crippen molar-refractivity contribution < 1.29 is 23.9 Å². The Hall–Kier alpha value is -2.28. The molecule has 1 aromatic carbocycles. The maximum absolute atomic E-state index is 11.6. The summed E-state index contributed by atoms with van der Waals surface area (Å²) in [5.74, 6) is -0.902. The van der Waals surface area contributed by atoms with Crippen LogP contribution in [0.2, 0.25) is 5.02 Å². The molecule has 0 aliphatic rings. The zero-order valence-electron chi connectivity index (χ0n) is 14.1. The summed E-state index contributed by atoms with van der Waals surface area (Å²) in [6, 6.07) is 2.68. The van der Waals surface area contributed by atoms with Crippen LogP contribution in [0, 0.1) is 13.8 Å². The van der Waals surface area contributed by atoms with Gasteiger partial charge >= 0.3 is 12.0 Å². The number of halogens is 1. The second-order valence-corrected chi connectivity index (χ2v) is 5.93. The van der Waals surface area contributed by atoms with E-state index in [1.165, 1.54) is 0 Å². The number of rotatable bonds is 6. The molecule has 0 saturated carbocycles. The fourth-order valence-electron chi connectivity index (χ4n) is 1.90. The molecule has 0 spiro atoms. The molecule has 0 unspecified atom stereocenters. The largest absolute Gasteiger partial charge is 0.481 e. The molecule has 132 valence electrons. The van der Waals surface area contributed by atoms with Crippen molar-refractivity contribution in [2.24, 2.45) is 0 Å². The highest BCUT2D eigenvalue weighted by molar-refractivity contribution is 6.30. The minimum atomic E-state index is -0.722. The Balaban J connectivity index is 2.40. The average Bonchev–Trinajstić information content (AvgIpc) is 2.42. The number of nitrogens with one attached hydrogen (secondary N) is 2. The van der Waals surface area contributed by atoms with E-state index in [1.54, 1.807) is 39.8 Å². The van der Waals surface area contributed by atoms with Crippen LogP contribution in [-0.2, 0) is 14.3 Å². The Labute approximate surface area is 145 Å². The van der Waals surface area contributed by atoms with Gasteiger partial charge in [0.2, 0.25) is 0 Å². The first-order valence-electron chi connectivity index (χ1n) is 7.34. The van der Waals surface area contributed by atoms with Crippen LogP contribution in [0.25, 0.3) is 0 Å². The number of urea groups is 1. The SMILES string of the molecule is Cc1cc(Cl)cc(C)c1OCC(=O)OCC(=O)NC(=O)NC(C)C. The minimum Gasteiger partial charge on any atom is -0.481 e. The third-order valence-corrected chi connectivity index (χ3v) is 3.01. The molecule has 0 bridgehead atoms. The monoisotopic (exact) mass is 356 g/mol. The van der Waals surface area contributed by atoms with E-state index in [-0.39, 0.29) is 12.6 Å². The summed E-state index contributed by atoms with van der Waals surface area (Å²) in [7, 11) is 0. The maximum Gasteiger partial charge on any atom is 0.344 e. The molecule has 7 nitrogen and oxygen atoms in total. The second kappa shape index (κ2) is 9.12. The molecule has 2 N–H and O–H groups in total. The van der Waals surface area contributed by atoms with E-state index >= 15 is 0 Å². The van der Waals surface area contributed by atoms with Crippen LogP contribution >= 0.6 is 11.6 Å². The summed E-state index contributed by atoms with van der Waals surface area (Å²) in [6.07, 6.45) is 0. The minimum absolute atomic E-state index is 0.111. The summed E-state index contributed by atoms with van der Waals surface area (Å²) >= 11 is 5.92. The first kappa shape index (κ1) is 19.8. The first-order chi connectivity index (χ1) is 11.2. The number of carbonyl (C=O) groups is 3. The predicted octanol–water partition coefficient (Wildman–Crippen LogP) is 2.11. The topological polar surface area (TPSA) is 93.7 Å². The van der Waals surface area contributed by atoms with Gasteiger partial charge in [-0.2, -0.15) is 0 Å². The fraction of sp³-hybridized carbons (Fsp3) is 0.438. The zero-order valence-corrected chi connectivity index (χ0v) is 14.8. The molecule has 0 radical (unpaired) electrons. The number of hydrogen-bond donors (Lipinski definition) is 2. The number of imide groups is 1. The number of ether oxygens (including phenoxy) is 2. The Kier molecular flexibility index (Phi) is 7.51. The summed E-state index contributed by atoms with van der Waals surface area (Å²) in [5, 5.41) is 5.10. The van der Waals surface area contributed by atoms with Gasteiger partial charge in [0.25, 0.3) is 5.91 Å². The van der Waals surface area contributed by atoms with E-state index in [9.17, 15) is 14.4 Å². The third kappa shape index (κ3) is 6.87. The fourth-order valence-corrected chi connectivity index (χ4v) is 2.23. The second-order valence-electron chi connectivity index (χ2n) is 5.49. The van der Waals surface area contributed by atoms with Gasteiger partial charge in [-0.1, -0.05) is 11.6 Å². The number of esters is 1. The Morgan fingerprint density at radius 2 is 1.71 bits per heavy atom. The maximum atomic E-state index is 11.6. The molecular weight excluding hydrogens is 336 g/mol. The van der Waals surface area contributed by atoms with Crippen molar-refractivity contribution in [2.45, 2.75) is 33.7 Å². The van der Waals surface area contributed by atoms with Crippen LogP contribution in [0.3, 0.4) is 0 Å². The molecule has 8 heteroatoms. The molecule has 0 aliphatic heterocycles. The van der Waals surface area contributed by atoms with Gasteiger partial charge in [-0.3, -0.25) is 10.1 Å². The van der Waals surface area contributed by atoms with Crippen LogP contribution in [-0.4, -0.2) is 37.2 Å². The van der Waals surface area contributed by atoms with Crippen LogP contribution in [0.5, 0.6) is 5.75 Å². The van der Waals surface area contributed by atoms with E-state index in [1.807, 2.05) is 5.32 Å². The van der Waals surface area contributed by atoms with Gasteiger partial charge in [0.05, 0.1) is 0 Å². The van der Waals surface area contributed by atoms with Gasteiger partial charge in [0, 0.05) is 11.1 Å². The molecule has 1 aromatic rings. The van der Waals surface area contributed by atoms with E-state index in [4.69, 9.17) is 21.1 Å². The standard InChI is InChI=1S/C16H21ClN2O5/c1-9(2)18-16(22)19-13(20)7-23-14(21)8-24-15-10(3)5-12(17)6-11(15)4/h5-6,9H,7-8H2,1-4H3,(H2,18,19,20,22). The molecule has 0 saturated heterocycles. The molecule has 1 rings (SSSR count). The lowest BCUT2D eigenvalue weighted by Crippen LogP contribution is -2.44. The molecule has 0 heterocycles. The number of amides is 3. The molecule has 0 fully saturated rings. The number of benzene rings is 1. The van der Waals surface area contributed by atoms with Gasteiger partial charge < -0.3 is 14.8 Å². The van der Waals surface area contributed by atoms with Crippen molar-refractivity contribution in [3.63, 3.8) is 0 Å². The summed E-state index contributed by atoms with van der Waals surface area (Å²) in [6.45, 7) is 6.20. The first-order valence-corrected chi connectivity index (χ1v) is 7.72. The molecular formula is C16H21ClN2O5. The van der Waals surface area contributed by atoms with Crippen molar-refractivity contribution >= 4 is 29.5 Å². The van der Waals surface area contributed by atoms with E-state index in [0.717, 1.165) is 11.1 Å². The van der Waals surface area contributed by atoms with Gasteiger partial charge in [-0.15, -0.1) is 0 Å². The van der Waals surface area contributed by atoms with Crippen molar-refractivity contribution in [3.05, 3.63) is 28.3 Å². The molecule has 0 aliphatic carbocycles. The third-order valence-electron chi connectivity index (χ3n) is 2.80. The Morgan fingerprint density at radius 3 is 2.25 bits per heavy atom. The lowest BCUT2D eigenvalue weighted by atomic mass is 10.1. The molecule has 0 aromatic heterocycles. The van der Waals surface area contributed by atoms with Crippen molar-refractivity contribution in [2.75, 3.05) is 13.2 Å². The molecule has 3 amide bonds. The van der Waals surface area contributed by atoms with Crippen molar-refractivity contribution in [1.29, 1.82) is 0 Å². The van der Waals surface area contributed by atoms with Crippen LogP contribution in [0.1, 0.15) is 25.0 Å². The highest BCUT2D eigenvalue weighted by atomic mass is 35.5. The molecule has 0 atom stereocenters. The zero-order chi connectivity index (χ0) is 18.3. The van der Waals surface area contributed by atoms with Crippen molar-refractivity contribution in [1.82, 2.24) is 10.6 Å². The molecule has 24 heavy (non-hydrogen) atoms. The summed E-state index contributed by atoms with van der Waals surface area (Å²) < 4.78 is 10.2. The Bertz CT molecular complexity index is 608. The lowest BCUT2D eigenvalue weighted by molar-refractivity contribution is -0.150. The quantitative estimate of drug-likeness (QED) is 0.761. The van der Waals surface area contributed by atoms with Crippen molar-refractivity contribution in [3.8, 4) is 5.75 Å². The van der Waals surface area contributed by atoms with E-state index < -0.39 is 24.5 Å². The summed E-state index contributed by atoms with van der Waals surface area (Å²) in [4.78, 5) is 34.4. The average molecular weight is 357 g/mol. The van der Waals surface area contributed by atoms with E-state index in [0.29, 0.717) is 10.8 Å². The summed E-state index contributed by atoms with van der Waals surface area (Å²) in [5.41, 5.74) is 1.58. The number of carbonyl (C=O) groups excluding carboxylic acids is 3. The normalized spacial score (nSPS) is 10.2. The smallest absolute Gasteiger partial charge is 0.344 e. The number of aryl methyl sites for hydroxylation is 2. The Morgan fingerprint density at radius 1 is 1.12 bits per heavy atom. The van der Waals surface area contributed by atoms with Gasteiger partial charge in [0.15, 0.2) is 13.2 Å². The lowest BCUT2D eigenvalue weighted by Gasteiger charge is -2.12. The highest BCUT2D eigenvalue weighted by Crippen LogP contribution is 2.26. The predicted molar refractivity (Wildman–Crippen MR) is 89.2 cm³/mol.